The van der Waals surface area contributed by atoms with Crippen LogP contribution in [0.15, 0.2) is 18.2 Å². The van der Waals surface area contributed by atoms with E-state index < -0.39 is 0 Å². The fourth-order valence-electron chi connectivity index (χ4n) is 2.50. The maximum Gasteiger partial charge on any atom is 0.119 e. The second-order valence-electron chi connectivity index (χ2n) is 5.17. The van der Waals surface area contributed by atoms with Crippen molar-refractivity contribution in [2.75, 3.05) is 33.5 Å². The molecule has 0 spiro atoms. The third-order valence-electron chi connectivity index (χ3n) is 3.61. The van der Waals surface area contributed by atoms with Crippen molar-refractivity contribution in [3.8, 4) is 5.75 Å². The molecule has 0 amide bonds. The lowest BCUT2D eigenvalue weighted by Crippen LogP contribution is -2.17. The molecule has 1 aliphatic carbocycles. The maximum absolute atomic E-state index is 6.15. The average molecular weight is 279 g/mol. The Morgan fingerprint density at radius 2 is 2.10 bits per heavy atom. The Balaban J connectivity index is 1.72. The van der Waals surface area contributed by atoms with E-state index in [0.717, 1.165) is 25.0 Å². The van der Waals surface area contributed by atoms with Crippen molar-refractivity contribution < 1.29 is 14.2 Å². The Bertz CT molecular complexity index is 409. The van der Waals surface area contributed by atoms with E-state index in [9.17, 15) is 0 Å². The molecular weight excluding hydrogens is 254 g/mol. The van der Waals surface area contributed by atoms with Gasteiger partial charge in [0.05, 0.1) is 19.8 Å². The van der Waals surface area contributed by atoms with Crippen LogP contribution >= 0.6 is 0 Å². The highest BCUT2D eigenvalue weighted by Gasteiger charge is 2.17. The predicted molar refractivity (Wildman–Crippen MR) is 79.1 cm³/mol. The molecular formula is C16H25NO3. The van der Waals surface area contributed by atoms with Crippen molar-refractivity contribution in [3.63, 3.8) is 0 Å². The van der Waals surface area contributed by atoms with Crippen molar-refractivity contribution in [1.29, 1.82) is 0 Å². The molecule has 112 valence electrons. The summed E-state index contributed by atoms with van der Waals surface area (Å²) in [6.07, 6.45) is 4.28. The van der Waals surface area contributed by atoms with E-state index in [-0.39, 0.29) is 6.04 Å². The Morgan fingerprint density at radius 1 is 1.20 bits per heavy atom. The van der Waals surface area contributed by atoms with E-state index in [1.54, 1.807) is 7.11 Å². The van der Waals surface area contributed by atoms with Gasteiger partial charge >= 0.3 is 0 Å². The van der Waals surface area contributed by atoms with Crippen LogP contribution in [0.1, 0.15) is 36.4 Å². The van der Waals surface area contributed by atoms with Gasteiger partial charge in [0.25, 0.3) is 0 Å². The third-order valence-corrected chi connectivity index (χ3v) is 3.61. The summed E-state index contributed by atoms with van der Waals surface area (Å²) < 4.78 is 16.1. The molecule has 2 N–H and O–H groups in total. The zero-order valence-electron chi connectivity index (χ0n) is 12.3. The molecule has 1 aromatic rings. The molecule has 4 heteroatoms. The van der Waals surface area contributed by atoms with Crippen molar-refractivity contribution in [1.82, 2.24) is 0 Å². The van der Waals surface area contributed by atoms with E-state index >= 15 is 0 Å². The van der Waals surface area contributed by atoms with Gasteiger partial charge < -0.3 is 19.9 Å². The van der Waals surface area contributed by atoms with Gasteiger partial charge in [-0.15, -0.1) is 0 Å². The van der Waals surface area contributed by atoms with Crippen molar-refractivity contribution in [2.24, 2.45) is 5.73 Å². The van der Waals surface area contributed by atoms with E-state index in [1.165, 1.54) is 17.5 Å². The summed E-state index contributed by atoms with van der Waals surface area (Å²) in [6, 6.07) is 6.46. The van der Waals surface area contributed by atoms with Crippen molar-refractivity contribution in [3.05, 3.63) is 29.3 Å². The zero-order chi connectivity index (χ0) is 14.2. The number of rotatable bonds is 8. The lowest BCUT2D eigenvalue weighted by atomic mass is 9.88. The average Bonchev–Trinajstić information content (AvgIpc) is 2.47. The van der Waals surface area contributed by atoms with Crippen LogP contribution in [-0.2, 0) is 15.9 Å². The molecule has 0 unspecified atom stereocenters. The molecule has 0 bridgehead atoms. The van der Waals surface area contributed by atoms with Crippen LogP contribution in [-0.4, -0.2) is 33.5 Å². The van der Waals surface area contributed by atoms with Crippen LogP contribution in [0.4, 0.5) is 0 Å². The second kappa shape index (κ2) is 8.25. The van der Waals surface area contributed by atoms with Crippen LogP contribution in [0.3, 0.4) is 0 Å². The minimum atomic E-state index is 0.166. The fraction of sp³-hybridized carbons (Fsp3) is 0.625. The Labute approximate surface area is 121 Å². The van der Waals surface area contributed by atoms with Gasteiger partial charge in [-0.05, 0) is 42.5 Å². The van der Waals surface area contributed by atoms with E-state index in [0.29, 0.717) is 26.4 Å². The van der Waals surface area contributed by atoms with E-state index in [1.807, 2.05) is 6.07 Å². The summed E-state index contributed by atoms with van der Waals surface area (Å²) in [5, 5.41) is 0. The first-order valence-corrected chi connectivity index (χ1v) is 7.39. The first-order valence-electron chi connectivity index (χ1n) is 7.39. The largest absolute Gasteiger partial charge is 0.493 e. The van der Waals surface area contributed by atoms with Gasteiger partial charge in [0.1, 0.15) is 5.75 Å². The highest BCUT2D eigenvalue weighted by molar-refractivity contribution is 5.39. The molecule has 0 radical (unpaired) electrons. The molecule has 20 heavy (non-hydrogen) atoms. The van der Waals surface area contributed by atoms with Crippen LogP contribution in [0.2, 0.25) is 0 Å². The number of aryl methyl sites for hydroxylation is 1. The molecule has 0 heterocycles. The van der Waals surface area contributed by atoms with Gasteiger partial charge in [0.15, 0.2) is 0 Å². The highest BCUT2D eigenvalue weighted by atomic mass is 16.5. The number of methoxy groups -OCH3 is 1. The topological polar surface area (TPSA) is 53.7 Å². The zero-order valence-corrected chi connectivity index (χ0v) is 12.3. The monoisotopic (exact) mass is 279 g/mol. The lowest BCUT2D eigenvalue weighted by molar-refractivity contribution is 0.0644. The molecule has 1 aromatic carbocycles. The molecule has 0 fully saturated rings. The summed E-state index contributed by atoms with van der Waals surface area (Å²) >= 11 is 0. The normalized spacial score (nSPS) is 17.8. The summed E-state index contributed by atoms with van der Waals surface area (Å²) in [5.41, 5.74) is 8.78. The number of hydrogen-bond donors (Lipinski definition) is 1. The standard InChI is InChI=1S/C16H25NO3/c1-18-10-11-19-8-3-9-20-14-7-6-13-4-2-5-16(17)15(13)12-14/h6-7,12,16H,2-5,8-11,17H2,1H3/t16-/m1/s1. The summed E-state index contributed by atoms with van der Waals surface area (Å²) in [6.45, 7) is 2.66. The second-order valence-corrected chi connectivity index (χ2v) is 5.17. The van der Waals surface area contributed by atoms with Crippen LogP contribution in [0.5, 0.6) is 5.75 Å². The maximum atomic E-state index is 6.15. The fourth-order valence-corrected chi connectivity index (χ4v) is 2.50. The summed E-state index contributed by atoms with van der Waals surface area (Å²) in [4.78, 5) is 0. The Kier molecular flexibility index (Phi) is 6.30. The molecule has 4 nitrogen and oxygen atoms in total. The van der Waals surface area contributed by atoms with E-state index in [2.05, 4.69) is 12.1 Å². The molecule has 0 saturated carbocycles. The van der Waals surface area contributed by atoms with Crippen molar-refractivity contribution in [2.45, 2.75) is 31.7 Å². The Morgan fingerprint density at radius 3 is 2.95 bits per heavy atom. The predicted octanol–water partition coefficient (Wildman–Crippen LogP) is 2.45. The number of benzene rings is 1. The van der Waals surface area contributed by atoms with Gasteiger partial charge in [-0.1, -0.05) is 6.07 Å². The molecule has 2 rings (SSSR count). The minimum absolute atomic E-state index is 0.166. The minimum Gasteiger partial charge on any atom is -0.493 e. The highest BCUT2D eigenvalue weighted by Crippen LogP contribution is 2.30. The lowest BCUT2D eigenvalue weighted by Gasteiger charge is -2.22. The smallest absolute Gasteiger partial charge is 0.119 e. The molecule has 1 aliphatic rings. The number of nitrogens with two attached hydrogens (primary N) is 1. The van der Waals surface area contributed by atoms with E-state index in [4.69, 9.17) is 19.9 Å². The van der Waals surface area contributed by atoms with Gasteiger partial charge in [0, 0.05) is 26.2 Å². The van der Waals surface area contributed by atoms with Gasteiger partial charge in [-0.2, -0.15) is 0 Å². The van der Waals surface area contributed by atoms with Gasteiger partial charge in [-0.25, -0.2) is 0 Å². The molecule has 0 aromatic heterocycles. The first kappa shape index (κ1) is 15.3. The SMILES string of the molecule is COCCOCCCOc1ccc2c(c1)[C@H](N)CCC2. The van der Waals surface area contributed by atoms with Gasteiger partial charge in [-0.3, -0.25) is 0 Å². The number of fused-ring (bicyclic) bond motifs is 1. The molecule has 1 atom stereocenters. The Hall–Kier alpha value is -1.10. The van der Waals surface area contributed by atoms with Gasteiger partial charge in [0.2, 0.25) is 0 Å². The summed E-state index contributed by atoms with van der Waals surface area (Å²) in [7, 11) is 1.67. The van der Waals surface area contributed by atoms with Crippen LogP contribution in [0, 0.1) is 0 Å². The molecule has 0 saturated heterocycles. The number of ether oxygens (including phenoxy) is 3. The summed E-state index contributed by atoms with van der Waals surface area (Å²) in [5.74, 6) is 0.915. The molecule has 0 aliphatic heterocycles. The van der Waals surface area contributed by atoms with Crippen LogP contribution < -0.4 is 10.5 Å². The quantitative estimate of drug-likeness (QED) is 0.743. The first-order chi connectivity index (χ1) is 9.81. The third kappa shape index (κ3) is 4.47. The van der Waals surface area contributed by atoms with Crippen molar-refractivity contribution >= 4 is 0 Å². The number of hydrogen-bond acceptors (Lipinski definition) is 4. The van der Waals surface area contributed by atoms with Crippen LogP contribution in [0.25, 0.3) is 0 Å².